The largest absolute Gasteiger partial charge is 0.405 e. The molecule has 3 N–H and O–H groups in total. The molecule has 0 unspecified atom stereocenters. The number of benzene rings is 2. The fourth-order valence-corrected chi connectivity index (χ4v) is 3.46. The van der Waals surface area contributed by atoms with E-state index in [9.17, 15) is 22.8 Å². The first kappa shape index (κ1) is 19.7. The predicted octanol–water partition coefficient (Wildman–Crippen LogP) is 3.25. The first-order valence-electron chi connectivity index (χ1n) is 9.17. The lowest BCUT2D eigenvalue weighted by atomic mass is 10.1. The molecule has 0 aliphatic carbocycles. The number of carbonyl (C=O) groups excluding carboxylic acids is 2. The summed E-state index contributed by atoms with van der Waals surface area (Å²) in [6, 6.07) is 10.9. The smallest absolute Gasteiger partial charge is 0.355 e. The topological polar surface area (TPSA) is 90.1 Å². The molecule has 0 fully saturated rings. The van der Waals surface area contributed by atoms with Crippen LogP contribution >= 0.6 is 0 Å². The SMILES string of the molecule is Cc1[nH]nc2cc(Nc3cccc4c3C(=O)N(CC(=O)NCC(F)(F)F)C4)ccc12. The first-order valence-corrected chi connectivity index (χ1v) is 9.17. The Balaban J connectivity index is 1.51. The van der Waals surface area contributed by atoms with Gasteiger partial charge in [-0.05, 0) is 36.8 Å². The number of halogens is 3. The van der Waals surface area contributed by atoms with Crippen molar-refractivity contribution in [3.05, 3.63) is 53.2 Å². The highest BCUT2D eigenvalue weighted by Crippen LogP contribution is 2.32. The average molecular weight is 417 g/mol. The number of anilines is 2. The molecule has 1 aromatic heterocycles. The lowest BCUT2D eigenvalue weighted by Gasteiger charge is -2.16. The van der Waals surface area contributed by atoms with E-state index in [1.165, 1.54) is 4.90 Å². The molecule has 156 valence electrons. The molecule has 0 radical (unpaired) electrons. The molecule has 1 aliphatic rings. The van der Waals surface area contributed by atoms with E-state index in [0.29, 0.717) is 16.8 Å². The lowest BCUT2D eigenvalue weighted by Crippen LogP contribution is -2.41. The van der Waals surface area contributed by atoms with Crippen LogP contribution in [0.15, 0.2) is 36.4 Å². The molecule has 2 aromatic carbocycles. The minimum Gasteiger partial charge on any atom is -0.355 e. The van der Waals surface area contributed by atoms with Gasteiger partial charge in [-0.2, -0.15) is 18.3 Å². The number of aryl methyl sites for hydroxylation is 1. The molecule has 0 spiro atoms. The van der Waals surface area contributed by atoms with Gasteiger partial charge in [-0.3, -0.25) is 14.7 Å². The van der Waals surface area contributed by atoms with Crippen LogP contribution in [0.3, 0.4) is 0 Å². The third-order valence-corrected chi connectivity index (χ3v) is 4.86. The van der Waals surface area contributed by atoms with E-state index < -0.39 is 31.1 Å². The van der Waals surface area contributed by atoms with Gasteiger partial charge in [0, 0.05) is 23.3 Å². The van der Waals surface area contributed by atoms with Crippen molar-refractivity contribution in [2.45, 2.75) is 19.6 Å². The van der Waals surface area contributed by atoms with Crippen molar-refractivity contribution < 1.29 is 22.8 Å². The van der Waals surface area contributed by atoms with Gasteiger partial charge in [0.05, 0.1) is 16.8 Å². The number of hydrogen-bond acceptors (Lipinski definition) is 4. The molecule has 0 atom stereocenters. The number of rotatable bonds is 5. The number of carbonyl (C=O) groups is 2. The van der Waals surface area contributed by atoms with E-state index in [1.54, 1.807) is 23.5 Å². The maximum absolute atomic E-state index is 12.8. The molecule has 3 aromatic rings. The molecule has 2 amide bonds. The van der Waals surface area contributed by atoms with Crippen LogP contribution < -0.4 is 10.6 Å². The Morgan fingerprint density at radius 1 is 1.27 bits per heavy atom. The Morgan fingerprint density at radius 2 is 2.07 bits per heavy atom. The van der Waals surface area contributed by atoms with Gasteiger partial charge in [-0.15, -0.1) is 0 Å². The number of alkyl halides is 3. The summed E-state index contributed by atoms with van der Waals surface area (Å²) in [7, 11) is 0. The van der Waals surface area contributed by atoms with Crippen LogP contribution in [0.5, 0.6) is 0 Å². The van der Waals surface area contributed by atoms with E-state index in [0.717, 1.165) is 22.3 Å². The summed E-state index contributed by atoms with van der Waals surface area (Å²) in [5.41, 5.74) is 4.12. The van der Waals surface area contributed by atoms with Crippen molar-refractivity contribution in [2.75, 3.05) is 18.4 Å². The van der Waals surface area contributed by atoms with Gasteiger partial charge < -0.3 is 15.5 Å². The van der Waals surface area contributed by atoms with Crippen LogP contribution in [0.4, 0.5) is 24.5 Å². The Kier molecular flexibility index (Phi) is 4.84. The van der Waals surface area contributed by atoms with Gasteiger partial charge in [0.25, 0.3) is 5.91 Å². The molecule has 0 saturated carbocycles. The van der Waals surface area contributed by atoms with Crippen molar-refractivity contribution in [3.63, 3.8) is 0 Å². The van der Waals surface area contributed by atoms with Crippen molar-refractivity contribution in [1.82, 2.24) is 20.4 Å². The highest BCUT2D eigenvalue weighted by Gasteiger charge is 2.32. The molecule has 7 nitrogen and oxygen atoms in total. The number of aromatic amines is 1. The minimum atomic E-state index is -4.50. The summed E-state index contributed by atoms with van der Waals surface area (Å²) in [5, 5.41) is 13.1. The Morgan fingerprint density at radius 3 is 2.83 bits per heavy atom. The predicted molar refractivity (Wildman–Crippen MR) is 104 cm³/mol. The summed E-state index contributed by atoms with van der Waals surface area (Å²) in [4.78, 5) is 25.9. The molecule has 10 heteroatoms. The molecule has 30 heavy (non-hydrogen) atoms. The molecular weight excluding hydrogens is 399 g/mol. The number of nitrogens with zero attached hydrogens (tertiary/aromatic N) is 2. The van der Waals surface area contributed by atoms with Crippen LogP contribution in [-0.4, -0.2) is 46.2 Å². The summed E-state index contributed by atoms with van der Waals surface area (Å²) in [6.45, 7) is 0.204. The van der Waals surface area contributed by atoms with Gasteiger partial charge in [-0.1, -0.05) is 12.1 Å². The van der Waals surface area contributed by atoms with E-state index >= 15 is 0 Å². The monoisotopic (exact) mass is 417 g/mol. The Labute approximate surface area is 169 Å². The van der Waals surface area contributed by atoms with Crippen LogP contribution in [0.2, 0.25) is 0 Å². The number of hydrogen-bond donors (Lipinski definition) is 3. The number of amides is 2. The van der Waals surface area contributed by atoms with Crippen molar-refractivity contribution in [1.29, 1.82) is 0 Å². The zero-order chi connectivity index (χ0) is 21.5. The third kappa shape index (κ3) is 3.93. The van der Waals surface area contributed by atoms with Crippen LogP contribution in [0.25, 0.3) is 10.9 Å². The van der Waals surface area contributed by atoms with Crippen LogP contribution in [0.1, 0.15) is 21.6 Å². The summed E-state index contributed by atoms with van der Waals surface area (Å²) in [5.74, 6) is -1.27. The zero-order valence-corrected chi connectivity index (χ0v) is 15.9. The van der Waals surface area contributed by atoms with Gasteiger partial charge >= 0.3 is 6.18 Å². The van der Waals surface area contributed by atoms with Crippen molar-refractivity contribution in [2.24, 2.45) is 0 Å². The first-order chi connectivity index (χ1) is 14.2. The summed E-state index contributed by atoms with van der Waals surface area (Å²) >= 11 is 0. The number of nitrogens with one attached hydrogen (secondary N) is 3. The van der Waals surface area contributed by atoms with E-state index in [4.69, 9.17) is 0 Å². The lowest BCUT2D eigenvalue weighted by molar-refractivity contribution is -0.138. The van der Waals surface area contributed by atoms with Gasteiger partial charge in [0.1, 0.15) is 13.1 Å². The fraction of sp³-hybridized carbons (Fsp3) is 0.250. The highest BCUT2D eigenvalue weighted by atomic mass is 19.4. The second-order valence-electron chi connectivity index (χ2n) is 7.10. The highest BCUT2D eigenvalue weighted by molar-refractivity contribution is 6.05. The number of H-pyrrole nitrogens is 1. The summed E-state index contributed by atoms with van der Waals surface area (Å²) < 4.78 is 36.8. The van der Waals surface area contributed by atoms with Gasteiger partial charge in [0.15, 0.2) is 0 Å². The zero-order valence-electron chi connectivity index (χ0n) is 15.9. The van der Waals surface area contributed by atoms with E-state index in [2.05, 4.69) is 15.5 Å². The van der Waals surface area contributed by atoms with Crippen LogP contribution in [0, 0.1) is 6.92 Å². The van der Waals surface area contributed by atoms with Crippen molar-refractivity contribution in [3.8, 4) is 0 Å². The molecule has 1 aliphatic heterocycles. The molecule has 2 heterocycles. The van der Waals surface area contributed by atoms with Gasteiger partial charge in [-0.25, -0.2) is 0 Å². The average Bonchev–Trinajstić information content (AvgIpc) is 3.20. The normalized spacial score (nSPS) is 13.6. The maximum atomic E-state index is 12.8. The number of fused-ring (bicyclic) bond motifs is 2. The quantitative estimate of drug-likeness (QED) is 0.595. The maximum Gasteiger partial charge on any atom is 0.405 e. The third-order valence-electron chi connectivity index (χ3n) is 4.86. The second kappa shape index (κ2) is 7.36. The summed E-state index contributed by atoms with van der Waals surface area (Å²) in [6.07, 6.45) is -4.50. The van der Waals surface area contributed by atoms with Crippen molar-refractivity contribution >= 4 is 34.1 Å². The van der Waals surface area contributed by atoms with E-state index in [1.807, 2.05) is 25.1 Å². The molecular formula is C20H18F3N5O2. The van der Waals surface area contributed by atoms with Crippen LogP contribution in [-0.2, 0) is 11.3 Å². The van der Waals surface area contributed by atoms with E-state index in [-0.39, 0.29) is 6.54 Å². The Bertz CT molecular complexity index is 1140. The fourth-order valence-electron chi connectivity index (χ4n) is 3.46. The molecule has 4 rings (SSSR count). The van der Waals surface area contributed by atoms with Gasteiger partial charge in [0.2, 0.25) is 5.91 Å². The molecule has 0 bridgehead atoms. The molecule has 0 saturated heterocycles. The minimum absolute atomic E-state index is 0.153. The standard InChI is InChI=1S/C20H18F3N5O2/c1-11-14-6-5-13(7-16(14)27-26-11)25-15-4-2-3-12-8-28(19(30)18(12)15)9-17(29)24-10-20(21,22)23/h2-7,25H,8-10H2,1H3,(H,24,29)(H,26,27). The second-order valence-corrected chi connectivity index (χ2v) is 7.10. The Hall–Kier alpha value is -3.56. The number of aromatic nitrogens is 2.